The number of amides is 2. The first-order valence-electron chi connectivity index (χ1n) is 6.47. The number of hydrogen-bond donors (Lipinski definition) is 3. The van der Waals surface area contributed by atoms with Crippen molar-refractivity contribution in [2.75, 3.05) is 13.1 Å². The Morgan fingerprint density at radius 1 is 1.30 bits per heavy atom. The Balaban J connectivity index is 2.25. The summed E-state index contributed by atoms with van der Waals surface area (Å²) in [4.78, 5) is 26.2. The van der Waals surface area contributed by atoms with Gasteiger partial charge in [-0.15, -0.1) is 11.3 Å². The smallest absolute Gasteiger partial charge is 0.314 e. The minimum atomic E-state index is -0.928. The monoisotopic (exact) mass is 299 g/mol. The summed E-state index contributed by atoms with van der Waals surface area (Å²) in [6.07, 6.45) is 0.591. The predicted octanol–water partition coefficient (Wildman–Crippen LogP) is 1.76. The van der Waals surface area contributed by atoms with E-state index in [2.05, 4.69) is 36.4 Å². The summed E-state index contributed by atoms with van der Waals surface area (Å²) < 4.78 is 0. The van der Waals surface area contributed by atoms with Gasteiger partial charge in [-0.1, -0.05) is 20.8 Å². The Kier molecular flexibility index (Phi) is 5.94. The molecule has 1 aromatic rings. The van der Waals surface area contributed by atoms with Gasteiger partial charge in [0.1, 0.15) is 0 Å². The standard InChI is InChI=1S/C13H21N3O3S/c1-13(2,3)11-16-9(8-20-11)4-6-14-12(19)15-7-5-10(17)18/h8H,4-7H2,1-3H3,(H,17,18)(H2,14,15,19). The second kappa shape index (κ2) is 7.23. The fraction of sp³-hybridized carbons (Fsp3) is 0.615. The number of carboxylic acid groups (broad SMARTS) is 1. The van der Waals surface area contributed by atoms with Gasteiger partial charge in [-0.05, 0) is 0 Å². The van der Waals surface area contributed by atoms with Crippen molar-refractivity contribution >= 4 is 23.3 Å². The number of carbonyl (C=O) groups excluding carboxylic acids is 1. The Bertz CT molecular complexity index is 466. The molecule has 112 valence electrons. The van der Waals surface area contributed by atoms with Gasteiger partial charge in [-0.3, -0.25) is 4.79 Å². The highest BCUT2D eigenvalue weighted by atomic mass is 32.1. The van der Waals surface area contributed by atoms with Crippen molar-refractivity contribution in [3.05, 3.63) is 16.1 Å². The number of thiazole rings is 1. The molecule has 0 aliphatic rings. The van der Waals surface area contributed by atoms with Crippen molar-refractivity contribution in [2.45, 2.75) is 39.0 Å². The first-order valence-corrected chi connectivity index (χ1v) is 7.35. The number of nitrogens with one attached hydrogen (secondary N) is 2. The average Bonchev–Trinajstić information content (AvgIpc) is 2.77. The topological polar surface area (TPSA) is 91.3 Å². The summed E-state index contributed by atoms with van der Waals surface area (Å²) in [7, 11) is 0. The van der Waals surface area contributed by atoms with E-state index in [4.69, 9.17) is 5.11 Å². The number of nitrogens with zero attached hydrogens (tertiary/aromatic N) is 1. The molecule has 0 bridgehead atoms. The van der Waals surface area contributed by atoms with Gasteiger partial charge >= 0.3 is 12.0 Å². The predicted molar refractivity (Wildman–Crippen MR) is 78.2 cm³/mol. The fourth-order valence-electron chi connectivity index (χ4n) is 1.42. The van der Waals surface area contributed by atoms with Crippen molar-refractivity contribution in [2.24, 2.45) is 0 Å². The van der Waals surface area contributed by atoms with Crippen LogP contribution < -0.4 is 10.6 Å². The number of hydrogen-bond acceptors (Lipinski definition) is 4. The average molecular weight is 299 g/mol. The second-order valence-corrected chi connectivity index (χ2v) is 6.33. The van der Waals surface area contributed by atoms with Crippen LogP contribution in [0.5, 0.6) is 0 Å². The van der Waals surface area contributed by atoms with E-state index >= 15 is 0 Å². The minimum absolute atomic E-state index is 0.0462. The molecule has 20 heavy (non-hydrogen) atoms. The maximum Gasteiger partial charge on any atom is 0.314 e. The van der Waals surface area contributed by atoms with E-state index in [1.165, 1.54) is 0 Å². The molecule has 1 rings (SSSR count). The third kappa shape index (κ3) is 6.01. The molecule has 0 unspecified atom stereocenters. The second-order valence-electron chi connectivity index (χ2n) is 5.47. The van der Waals surface area contributed by atoms with Gasteiger partial charge in [-0.2, -0.15) is 0 Å². The van der Waals surface area contributed by atoms with E-state index in [1.807, 2.05) is 5.38 Å². The van der Waals surface area contributed by atoms with Crippen LogP contribution in [0.3, 0.4) is 0 Å². The van der Waals surface area contributed by atoms with Gasteiger partial charge in [0, 0.05) is 30.3 Å². The molecule has 0 saturated heterocycles. The molecule has 7 heteroatoms. The number of urea groups is 1. The van der Waals surface area contributed by atoms with Gasteiger partial charge in [0.25, 0.3) is 0 Å². The van der Waals surface area contributed by atoms with E-state index in [0.717, 1.165) is 10.7 Å². The van der Waals surface area contributed by atoms with Gasteiger partial charge in [-0.25, -0.2) is 9.78 Å². The molecule has 0 aliphatic heterocycles. The Morgan fingerprint density at radius 2 is 1.95 bits per heavy atom. The third-order valence-corrected chi connectivity index (χ3v) is 3.80. The van der Waals surface area contributed by atoms with Crippen molar-refractivity contribution in [3.8, 4) is 0 Å². The minimum Gasteiger partial charge on any atom is -0.481 e. The molecule has 0 atom stereocenters. The number of aromatic nitrogens is 1. The Morgan fingerprint density at radius 3 is 2.50 bits per heavy atom. The van der Waals surface area contributed by atoms with E-state index in [-0.39, 0.29) is 24.4 Å². The molecule has 1 aromatic heterocycles. The van der Waals surface area contributed by atoms with Gasteiger partial charge in [0.05, 0.1) is 17.1 Å². The molecule has 6 nitrogen and oxygen atoms in total. The maximum atomic E-state index is 11.3. The van der Waals surface area contributed by atoms with Crippen LogP contribution in [0.1, 0.15) is 37.9 Å². The highest BCUT2D eigenvalue weighted by Crippen LogP contribution is 2.25. The lowest BCUT2D eigenvalue weighted by Gasteiger charge is -2.13. The first-order chi connectivity index (χ1) is 9.29. The van der Waals surface area contributed by atoms with Crippen LogP contribution in [0.15, 0.2) is 5.38 Å². The van der Waals surface area contributed by atoms with Gasteiger partial charge in [0.15, 0.2) is 0 Å². The maximum absolute atomic E-state index is 11.3. The van der Waals surface area contributed by atoms with Crippen LogP contribution in [0, 0.1) is 0 Å². The van der Waals surface area contributed by atoms with Crippen molar-refractivity contribution in [1.29, 1.82) is 0 Å². The molecule has 1 heterocycles. The molecule has 3 N–H and O–H groups in total. The van der Waals surface area contributed by atoms with Crippen molar-refractivity contribution in [3.63, 3.8) is 0 Å². The largest absolute Gasteiger partial charge is 0.481 e. The number of carboxylic acids is 1. The van der Waals surface area contributed by atoms with Gasteiger partial charge < -0.3 is 15.7 Å². The third-order valence-electron chi connectivity index (χ3n) is 2.48. The zero-order valence-electron chi connectivity index (χ0n) is 12.0. The zero-order valence-corrected chi connectivity index (χ0v) is 12.8. The Labute approximate surface area is 122 Å². The van der Waals surface area contributed by atoms with Crippen LogP contribution in [0.25, 0.3) is 0 Å². The molecule has 0 spiro atoms. The number of carbonyl (C=O) groups is 2. The molecular weight excluding hydrogens is 278 g/mol. The lowest BCUT2D eigenvalue weighted by Crippen LogP contribution is -2.37. The zero-order chi connectivity index (χ0) is 15.2. The fourth-order valence-corrected chi connectivity index (χ4v) is 2.36. The number of rotatable bonds is 6. The van der Waals surface area contributed by atoms with E-state index in [1.54, 1.807) is 11.3 Å². The molecular formula is C13H21N3O3S. The normalized spacial score (nSPS) is 11.2. The summed E-state index contributed by atoms with van der Waals surface area (Å²) in [5.74, 6) is -0.928. The van der Waals surface area contributed by atoms with Crippen LogP contribution >= 0.6 is 11.3 Å². The molecule has 0 fully saturated rings. The quantitative estimate of drug-likeness (QED) is 0.746. The van der Waals surface area contributed by atoms with E-state index in [9.17, 15) is 9.59 Å². The van der Waals surface area contributed by atoms with Gasteiger partial charge in [0.2, 0.25) is 0 Å². The van der Waals surface area contributed by atoms with Crippen molar-refractivity contribution in [1.82, 2.24) is 15.6 Å². The summed E-state index contributed by atoms with van der Waals surface area (Å²) in [5.41, 5.74) is 1.01. The highest BCUT2D eigenvalue weighted by molar-refractivity contribution is 7.09. The molecule has 0 saturated carbocycles. The Hall–Kier alpha value is -1.63. The van der Waals surface area contributed by atoms with Crippen LogP contribution in [-0.4, -0.2) is 35.2 Å². The lowest BCUT2D eigenvalue weighted by atomic mass is 9.98. The molecule has 2 amide bonds. The SMILES string of the molecule is CC(C)(C)c1nc(CCNC(=O)NCCC(=O)O)cs1. The first kappa shape index (κ1) is 16.4. The van der Waals surface area contributed by atoms with Crippen LogP contribution in [0.2, 0.25) is 0 Å². The van der Waals surface area contributed by atoms with Crippen molar-refractivity contribution < 1.29 is 14.7 Å². The van der Waals surface area contributed by atoms with Crippen LogP contribution in [-0.2, 0) is 16.6 Å². The number of aliphatic carboxylic acids is 1. The summed E-state index contributed by atoms with van der Waals surface area (Å²) >= 11 is 1.63. The molecule has 0 aromatic carbocycles. The van der Waals surface area contributed by atoms with E-state index in [0.29, 0.717) is 13.0 Å². The highest BCUT2D eigenvalue weighted by Gasteiger charge is 2.17. The summed E-state index contributed by atoms with van der Waals surface area (Å²) in [5, 5.41) is 16.7. The summed E-state index contributed by atoms with van der Waals surface area (Å²) in [6, 6.07) is -0.350. The molecule has 0 aliphatic carbocycles. The lowest BCUT2D eigenvalue weighted by molar-refractivity contribution is -0.136. The summed E-state index contributed by atoms with van der Waals surface area (Å²) in [6.45, 7) is 6.95. The van der Waals surface area contributed by atoms with Crippen LogP contribution in [0.4, 0.5) is 4.79 Å². The van der Waals surface area contributed by atoms with E-state index < -0.39 is 5.97 Å². The molecule has 0 radical (unpaired) electrons.